The van der Waals surface area contributed by atoms with Gasteiger partial charge in [0, 0.05) is 24.9 Å². The second kappa shape index (κ2) is 7.26. The van der Waals surface area contributed by atoms with Crippen LogP contribution in [0.15, 0.2) is 0 Å². The van der Waals surface area contributed by atoms with Crippen LogP contribution in [0.5, 0.6) is 0 Å². The van der Waals surface area contributed by atoms with E-state index in [0.717, 1.165) is 25.0 Å². The Kier molecular flexibility index (Phi) is 5.95. The highest BCUT2D eigenvalue weighted by molar-refractivity contribution is 8.00. The summed E-state index contributed by atoms with van der Waals surface area (Å²) in [6.45, 7) is 2.45. The van der Waals surface area contributed by atoms with E-state index in [1.807, 2.05) is 11.8 Å². The Hall–Kier alpha value is 0.180. The third-order valence-electron chi connectivity index (χ3n) is 4.01. The van der Waals surface area contributed by atoms with Crippen LogP contribution in [0.3, 0.4) is 0 Å². The molecule has 0 aromatic carbocycles. The molecule has 0 spiro atoms. The van der Waals surface area contributed by atoms with Crippen molar-refractivity contribution < 1.29 is 8.42 Å². The zero-order valence-electron chi connectivity index (χ0n) is 11.4. The fraction of sp³-hybridized carbons (Fsp3) is 1.00. The summed E-state index contributed by atoms with van der Waals surface area (Å²) in [5.41, 5.74) is 5.63. The first-order valence-corrected chi connectivity index (χ1v) is 9.67. The van der Waals surface area contributed by atoms with Crippen molar-refractivity contribution in [2.45, 2.75) is 37.4 Å². The smallest absolute Gasteiger partial charge is 0.279 e. The molecular formula is C12H25N3O2S2. The summed E-state index contributed by atoms with van der Waals surface area (Å²) in [4.78, 5) is 0. The third kappa shape index (κ3) is 4.60. The lowest BCUT2D eigenvalue weighted by Crippen LogP contribution is -2.47. The average Bonchev–Trinajstić information content (AvgIpc) is 2.46. The van der Waals surface area contributed by atoms with Crippen LogP contribution >= 0.6 is 11.8 Å². The highest BCUT2D eigenvalue weighted by Gasteiger charge is 2.28. The molecule has 3 N–H and O–H groups in total. The van der Waals surface area contributed by atoms with Gasteiger partial charge in [0.2, 0.25) is 0 Å². The monoisotopic (exact) mass is 307 g/mol. The molecule has 2 rings (SSSR count). The number of rotatable bonds is 5. The average molecular weight is 307 g/mol. The van der Waals surface area contributed by atoms with Gasteiger partial charge in [0.15, 0.2) is 0 Å². The zero-order valence-corrected chi connectivity index (χ0v) is 13.0. The molecule has 2 saturated heterocycles. The molecule has 2 aliphatic rings. The van der Waals surface area contributed by atoms with Gasteiger partial charge in [0.1, 0.15) is 0 Å². The molecule has 2 fully saturated rings. The van der Waals surface area contributed by atoms with Crippen LogP contribution in [0.4, 0.5) is 0 Å². The summed E-state index contributed by atoms with van der Waals surface area (Å²) in [5.74, 6) is 1.65. The normalized spacial score (nSPS) is 27.5. The van der Waals surface area contributed by atoms with Crippen molar-refractivity contribution in [3.05, 3.63) is 0 Å². The van der Waals surface area contributed by atoms with Gasteiger partial charge in [-0.2, -0.15) is 24.5 Å². The van der Waals surface area contributed by atoms with Crippen molar-refractivity contribution in [3.63, 3.8) is 0 Å². The molecule has 2 heterocycles. The van der Waals surface area contributed by atoms with Crippen LogP contribution in [0.2, 0.25) is 0 Å². The fourth-order valence-electron chi connectivity index (χ4n) is 2.64. The van der Waals surface area contributed by atoms with E-state index in [-0.39, 0.29) is 0 Å². The second-order valence-electron chi connectivity index (χ2n) is 5.42. The minimum Gasteiger partial charge on any atom is -0.330 e. The van der Waals surface area contributed by atoms with E-state index < -0.39 is 10.2 Å². The lowest BCUT2D eigenvalue weighted by atomic mass is 9.99. The molecule has 0 bridgehead atoms. The van der Waals surface area contributed by atoms with Crippen LogP contribution in [-0.4, -0.2) is 49.9 Å². The molecule has 1 atom stereocenters. The summed E-state index contributed by atoms with van der Waals surface area (Å²) in [7, 11) is -3.29. The Balaban J connectivity index is 1.78. The SMILES string of the molecule is NCC1CCN(S(=O)(=O)NCC2CCCCS2)CC1. The predicted molar refractivity (Wildman–Crippen MR) is 80.4 cm³/mol. The molecule has 2 aliphatic heterocycles. The number of nitrogens with one attached hydrogen (secondary N) is 1. The Labute approximate surface area is 120 Å². The number of hydrogen-bond donors (Lipinski definition) is 2. The highest BCUT2D eigenvalue weighted by Crippen LogP contribution is 2.25. The highest BCUT2D eigenvalue weighted by atomic mass is 32.2. The van der Waals surface area contributed by atoms with Crippen molar-refractivity contribution in [1.82, 2.24) is 9.03 Å². The topological polar surface area (TPSA) is 75.4 Å². The van der Waals surface area contributed by atoms with E-state index >= 15 is 0 Å². The first-order valence-electron chi connectivity index (χ1n) is 7.18. The fourth-order valence-corrected chi connectivity index (χ4v) is 5.27. The van der Waals surface area contributed by atoms with Crippen LogP contribution in [-0.2, 0) is 10.2 Å². The lowest BCUT2D eigenvalue weighted by Gasteiger charge is -2.31. The van der Waals surface area contributed by atoms with Crippen molar-refractivity contribution in [2.75, 3.05) is 31.9 Å². The van der Waals surface area contributed by atoms with Crippen LogP contribution in [0, 0.1) is 5.92 Å². The maximum Gasteiger partial charge on any atom is 0.279 e. The van der Waals surface area contributed by atoms with Gasteiger partial charge in [-0.05, 0) is 43.9 Å². The van der Waals surface area contributed by atoms with Crippen LogP contribution < -0.4 is 10.5 Å². The molecule has 0 aliphatic carbocycles. The number of thioether (sulfide) groups is 1. The molecule has 0 aromatic rings. The summed E-state index contributed by atoms with van der Waals surface area (Å²) in [6, 6.07) is 0. The van der Waals surface area contributed by atoms with Gasteiger partial charge in [0.25, 0.3) is 10.2 Å². The van der Waals surface area contributed by atoms with Gasteiger partial charge in [-0.3, -0.25) is 0 Å². The molecule has 0 amide bonds. The molecule has 0 saturated carbocycles. The minimum absolute atomic E-state index is 0.449. The van der Waals surface area contributed by atoms with Gasteiger partial charge in [-0.25, -0.2) is 4.72 Å². The van der Waals surface area contributed by atoms with Crippen molar-refractivity contribution >= 4 is 22.0 Å². The Morgan fingerprint density at radius 3 is 2.53 bits per heavy atom. The maximum absolute atomic E-state index is 12.2. The minimum atomic E-state index is -3.29. The Morgan fingerprint density at radius 2 is 1.95 bits per heavy atom. The molecule has 7 heteroatoms. The van der Waals surface area contributed by atoms with Gasteiger partial charge < -0.3 is 5.73 Å². The first-order chi connectivity index (χ1) is 9.12. The quantitative estimate of drug-likeness (QED) is 0.787. The number of nitrogens with zero attached hydrogens (tertiary/aromatic N) is 1. The number of nitrogens with two attached hydrogens (primary N) is 1. The van der Waals surface area contributed by atoms with E-state index in [2.05, 4.69) is 4.72 Å². The van der Waals surface area contributed by atoms with Crippen molar-refractivity contribution in [1.29, 1.82) is 0 Å². The van der Waals surface area contributed by atoms with Gasteiger partial charge in [-0.1, -0.05) is 6.42 Å². The maximum atomic E-state index is 12.2. The first kappa shape index (κ1) is 15.6. The summed E-state index contributed by atoms with van der Waals surface area (Å²) in [5, 5.41) is 0.449. The molecule has 112 valence electrons. The van der Waals surface area contributed by atoms with E-state index in [4.69, 9.17) is 5.73 Å². The van der Waals surface area contributed by atoms with E-state index in [9.17, 15) is 8.42 Å². The van der Waals surface area contributed by atoms with Gasteiger partial charge in [0.05, 0.1) is 0 Å². The second-order valence-corrected chi connectivity index (χ2v) is 8.58. The molecule has 19 heavy (non-hydrogen) atoms. The Bertz CT molecular complexity index is 361. The number of hydrogen-bond acceptors (Lipinski definition) is 4. The largest absolute Gasteiger partial charge is 0.330 e. The summed E-state index contributed by atoms with van der Waals surface area (Å²) >= 11 is 1.89. The predicted octanol–water partition coefficient (Wildman–Crippen LogP) is 0.777. The zero-order chi connectivity index (χ0) is 13.7. The Morgan fingerprint density at radius 1 is 1.21 bits per heavy atom. The molecule has 1 unspecified atom stereocenters. The summed E-state index contributed by atoms with van der Waals surface area (Å²) < 4.78 is 28.7. The van der Waals surface area contributed by atoms with E-state index in [1.54, 1.807) is 4.31 Å². The molecular weight excluding hydrogens is 282 g/mol. The van der Waals surface area contributed by atoms with Gasteiger partial charge >= 0.3 is 0 Å². The van der Waals surface area contributed by atoms with E-state index in [1.165, 1.54) is 12.8 Å². The van der Waals surface area contributed by atoms with Crippen molar-refractivity contribution in [2.24, 2.45) is 11.7 Å². The van der Waals surface area contributed by atoms with Gasteiger partial charge in [-0.15, -0.1) is 0 Å². The third-order valence-corrected chi connectivity index (χ3v) is 6.99. The van der Waals surface area contributed by atoms with E-state index in [0.29, 0.717) is 37.3 Å². The molecule has 0 aromatic heterocycles. The summed E-state index contributed by atoms with van der Waals surface area (Å²) in [6.07, 6.45) is 5.38. The molecule has 5 nitrogen and oxygen atoms in total. The van der Waals surface area contributed by atoms with Crippen molar-refractivity contribution in [3.8, 4) is 0 Å². The molecule has 0 radical (unpaired) electrons. The van der Waals surface area contributed by atoms with Crippen LogP contribution in [0.25, 0.3) is 0 Å². The lowest BCUT2D eigenvalue weighted by molar-refractivity contribution is 0.276. The van der Waals surface area contributed by atoms with Crippen LogP contribution in [0.1, 0.15) is 32.1 Å². The standard InChI is InChI=1S/C12H25N3O2S2/c13-9-11-4-6-15(7-5-11)19(16,17)14-10-12-3-1-2-8-18-12/h11-12,14H,1-10,13H2. The number of piperidine rings is 1.